The summed E-state index contributed by atoms with van der Waals surface area (Å²) in [6.45, 7) is 8.90. The number of benzene rings is 1. The number of hydrogen-bond donors (Lipinski definition) is 3. The van der Waals surface area contributed by atoms with E-state index in [1.54, 1.807) is 20.8 Å². The predicted molar refractivity (Wildman–Crippen MR) is 87.4 cm³/mol. The molecule has 0 unspecified atom stereocenters. The maximum atomic E-state index is 12.0. The van der Waals surface area contributed by atoms with Gasteiger partial charge in [-0.2, -0.15) is 0 Å². The lowest BCUT2D eigenvalue weighted by atomic mass is 9.95. The van der Waals surface area contributed by atoms with E-state index in [2.05, 4.69) is 17.2 Å². The minimum absolute atomic E-state index is 0.146. The number of carbonyl (C=O) groups excluding carboxylic acids is 1. The molecule has 0 aliphatic rings. The summed E-state index contributed by atoms with van der Waals surface area (Å²) in [5, 5.41) is 15.0. The molecule has 6 heteroatoms. The Morgan fingerprint density at radius 2 is 1.75 bits per heavy atom. The van der Waals surface area contributed by atoms with Gasteiger partial charge in [-0.3, -0.25) is 4.79 Å². The zero-order valence-corrected chi connectivity index (χ0v) is 14.0. The molecule has 20 heavy (non-hydrogen) atoms. The fourth-order valence-corrected chi connectivity index (χ4v) is 3.25. The Bertz CT molecular complexity index is 609. The Hall–Kier alpha value is -1.57. The number of nitrogens with one attached hydrogen (secondary N) is 2. The molecule has 0 aromatic heterocycles. The van der Waals surface area contributed by atoms with Crippen molar-refractivity contribution in [3.8, 4) is 0 Å². The van der Waals surface area contributed by atoms with Crippen molar-refractivity contribution in [2.75, 3.05) is 12.4 Å². The molecule has 0 atom stereocenters. The van der Waals surface area contributed by atoms with E-state index in [4.69, 9.17) is 0 Å². The number of allylic oxidation sites excluding steroid dienone is 1. The van der Waals surface area contributed by atoms with Gasteiger partial charge in [0.1, 0.15) is 0 Å². The lowest BCUT2D eigenvalue weighted by Gasteiger charge is -2.19. The van der Waals surface area contributed by atoms with Crippen LogP contribution in [0.25, 0.3) is 0 Å². The molecule has 5 nitrogen and oxygen atoms in total. The average molecular weight is 388 g/mol. The quantitative estimate of drug-likeness (QED) is 0.694. The van der Waals surface area contributed by atoms with Crippen molar-refractivity contribution in [3.63, 3.8) is 0 Å². The highest BCUT2D eigenvalue weighted by molar-refractivity contribution is 14.1. The molecular formula is C14H17IN2O3. The van der Waals surface area contributed by atoms with Gasteiger partial charge in [-0.1, -0.05) is 6.58 Å². The van der Waals surface area contributed by atoms with Gasteiger partial charge in [0, 0.05) is 16.3 Å². The number of carboxylic acid groups (broad SMARTS) is 1. The Morgan fingerprint density at radius 1 is 1.20 bits per heavy atom. The largest absolute Gasteiger partial charge is 0.478 e. The number of rotatable bonds is 4. The van der Waals surface area contributed by atoms with E-state index in [1.807, 2.05) is 22.6 Å². The van der Waals surface area contributed by atoms with E-state index in [0.29, 0.717) is 31.6 Å². The van der Waals surface area contributed by atoms with Crippen LogP contribution in [0.4, 0.5) is 5.69 Å². The van der Waals surface area contributed by atoms with Crippen LogP contribution in [-0.2, 0) is 0 Å². The monoisotopic (exact) mass is 388 g/mol. The highest BCUT2D eigenvalue weighted by Gasteiger charge is 2.25. The zero-order chi connectivity index (χ0) is 15.6. The Kier molecular flexibility index (Phi) is 5.15. The van der Waals surface area contributed by atoms with E-state index in [9.17, 15) is 14.7 Å². The van der Waals surface area contributed by atoms with Crippen LogP contribution >= 0.6 is 22.6 Å². The molecule has 3 N–H and O–H groups in total. The van der Waals surface area contributed by atoms with Gasteiger partial charge in [0.25, 0.3) is 5.91 Å². The molecule has 1 aromatic rings. The molecule has 1 aromatic carbocycles. The average Bonchev–Trinajstić information content (AvgIpc) is 2.33. The SMILES string of the molecule is C=C(C)Nc1c(C)c(C(=O)O)c(C)c(C(=O)NC)c1I. The maximum absolute atomic E-state index is 12.0. The van der Waals surface area contributed by atoms with Crippen molar-refractivity contribution in [3.05, 3.63) is 38.1 Å². The standard InChI is InChI=1S/C14H17IN2O3/c1-6(2)17-12-8(4)9(14(19)20)7(3)10(11(12)15)13(18)16-5/h17H,1H2,2-5H3,(H,16,18)(H,19,20). The molecule has 0 heterocycles. The lowest BCUT2D eigenvalue weighted by Crippen LogP contribution is -2.23. The van der Waals surface area contributed by atoms with E-state index < -0.39 is 5.97 Å². The van der Waals surface area contributed by atoms with Crippen molar-refractivity contribution < 1.29 is 14.7 Å². The summed E-state index contributed by atoms with van der Waals surface area (Å²) < 4.78 is 0.685. The first-order valence-corrected chi connectivity index (χ1v) is 7.00. The highest BCUT2D eigenvalue weighted by Crippen LogP contribution is 2.33. The van der Waals surface area contributed by atoms with Crippen molar-refractivity contribution in [1.82, 2.24) is 5.32 Å². The van der Waals surface area contributed by atoms with Crippen LogP contribution in [0.3, 0.4) is 0 Å². The van der Waals surface area contributed by atoms with Crippen molar-refractivity contribution in [2.45, 2.75) is 20.8 Å². The fraction of sp³-hybridized carbons (Fsp3) is 0.286. The predicted octanol–water partition coefficient (Wildman–Crippen LogP) is 2.91. The second-order valence-electron chi connectivity index (χ2n) is 4.48. The first kappa shape index (κ1) is 16.5. The third-order valence-corrected chi connectivity index (χ3v) is 4.02. The van der Waals surface area contributed by atoms with Gasteiger partial charge >= 0.3 is 5.97 Å². The van der Waals surface area contributed by atoms with E-state index in [1.165, 1.54) is 7.05 Å². The first-order valence-electron chi connectivity index (χ1n) is 5.92. The minimum atomic E-state index is -1.05. The molecule has 0 radical (unpaired) electrons. The van der Waals surface area contributed by atoms with Crippen LogP contribution in [-0.4, -0.2) is 24.0 Å². The minimum Gasteiger partial charge on any atom is -0.478 e. The van der Waals surface area contributed by atoms with Crippen LogP contribution in [0, 0.1) is 17.4 Å². The first-order chi connectivity index (χ1) is 9.22. The summed E-state index contributed by atoms with van der Waals surface area (Å²) >= 11 is 2.05. The van der Waals surface area contributed by atoms with Crippen molar-refractivity contribution in [2.24, 2.45) is 0 Å². The van der Waals surface area contributed by atoms with Gasteiger partial charge in [-0.15, -0.1) is 0 Å². The molecule has 1 amide bonds. The maximum Gasteiger partial charge on any atom is 0.336 e. The molecule has 0 spiro atoms. The Morgan fingerprint density at radius 3 is 2.15 bits per heavy atom. The smallest absolute Gasteiger partial charge is 0.336 e. The van der Waals surface area contributed by atoms with Crippen molar-refractivity contribution in [1.29, 1.82) is 0 Å². The zero-order valence-electron chi connectivity index (χ0n) is 11.8. The Labute approximate surface area is 131 Å². The number of hydrogen-bond acceptors (Lipinski definition) is 3. The number of amides is 1. The summed E-state index contributed by atoms with van der Waals surface area (Å²) in [4.78, 5) is 23.5. The van der Waals surface area contributed by atoms with Gasteiger partial charge in [0.05, 0.1) is 16.8 Å². The van der Waals surface area contributed by atoms with Gasteiger partial charge in [-0.25, -0.2) is 4.79 Å². The van der Waals surface area contributed by atoms with Crippen LogP contribution < -0.4 is 10.6 Å². The van der Waals surface area contributed by atoms with Crippen LogP contribution in [0.15, 0.2) is 12.3 Å². The van der Waals surface area contributed by atoms with Gasteiger partial charge < -0.3 is 15.7 Å². The second kappa shape index (κ2) is 6.25. The molecule has 0 bridgehead atoms. The highest BCUT2D eigenvalue weighted by atomic mass is 127. The van der Waals surface area contributed by atoms with Gasteiger partial charge in [0.15, 0.2) is 0 Å². The summed E-state index contributed by atoms with van der Waals surface area (Å²) in [5.41, 5.74) is 2.86. The summed E-state index contributed by atoms with van der Waals surface area (Å²) in [5.74, 6) is -1.36. The summed E-state index contributed by atoms with van der Waals surface area (Å²) in [6, 6.07) is 0. The van der Waals surface area contributed by atoms with E-state index >= 15 is 0 Å². The summed E-state index contributed by atoms with van der Waals surface area (Å²) in [7, 11) is 1.52. The lowest BCUT2D eigenvalue weighted by molar-refractivity contribution is 0.0695. The third kappa shape index (κ3) is 2.95. The summed E-state index contributed by atoms with van der Waals surface area (Å²) in [6.07, 6.45) is 0. The topological polar surface area (TPSA) is 78.4 Å². The molecular weight excluding hydrogens is 371 g/mol. The number of aromatic carboxylic acids is 1. The second-order valence-corrected chi connectivity index (χ2v) is 5.56. The molecule has 0 aliphatic carbocycles. The Balaban J connectivity index is 3.78. The number of anilines is 1. The molecule has 0 fully saturated rings. The van der Waals surface area contributed by atoms with Crippen molar-refractivity contribution >= 4 is 40.2 Å². The van der Waals surface area contributed by atoms with Gasteiger partial charge in [-0.05, 0) is 54.5 Å². The van der Waals surface area contributed by atoms with E-state index in [0.717, 1.165) is 0 Å². The molecule has 1 rings (SSSR count). The van der Waals surface area contributed by atoms with Crippen LogP contribution in [0.1, 0.15) is 38.8 Å². The third-order valence-electron chi connectivity index (χ3n) is 2.95. The number of halogens is 1. The fourth-order valence-electron chi connectivity index (χ4n) is 2.06. The van der Waals surface area contributed by atoms with Crippen LogP contribution in [0.2, 0.25) is 0 Å². The number of carbonyl (C=O) groups is 2. The van der Waals surface area contributed by atoms with Crippen LogP contribution in [0.5, 0.6) is 0 Å². The molecule has 0 aliphatic heterocycles. The van der Waals surface area contributed by atoms with Gasteiger partial charge in [0.2, 0.25) is 0 Å². The molecule has 0 saturated carbocycles. The number of carboxylic acids is 1. The molecule has 0 saturated heterocycles. The van der Waals surface area contributed by atoms with E-state index in [-0.39, 0.29) is 11.5 Å². The molecule has 108 valence electrons. The normalized spacial score (nSPS) is 10.1.